The van der Waals surface area contributed by atoms with Gasteiger partial charge in [0.2, 0.25) is 5.91 Å². The van der Waals surface area contributed by atoms with Gasteiger partial charge in [0.1, 0.15) is 48.8 Å². The van der Waals surface area contributed by atoms with E-state index in [2.05, 4.69) is 19.2 Å². The van der Waals surface area contributed by atoms with Crippen LogP contribution in [0.2, 0.25) is 0 Å². The maximum atomic E-state index is 13.4. The Hall–Kier alpha value is -1.01. The fraction of sp³-hybridized carbons (Fsp3) is 0.988. The number of aliphatic hydroxyl groups excluding tert-OH is 8. The Morgan fingerprint density at radius 3 is 0.867 bits per heavy atom. The zero-order valence-electron chi connectivity index (χ0n) is 64.3. The van der Waals surface area contributed by atoms with Gasteiger partial charge in [-0.1, -0.05) is 418 Å². The van der Waals surface area contributed by atoms with Gasteiger partial charge in [0.25, 0.3) is 0 Å². The standard InChI is InChI=1S/C84H165NO13/c1-3-5-7-9-11-13-15-17-19-21-23-25-27-28-29-30-31-32-33-34-35-36-37-38-39-40-41-42-43-44-46-48-50-52-54-56-58-60-62-64-66-68-76(89)85-72(71-95-83-81(94)79(92)82(75(70-87)97-83)98-84-80(93)78(91)77(90)74(69-86)96-84)73(88)67-65-63-61-59-57-55-53-51-49-47-45-26-24-22-20-18-16-14-12-10-8-6-4-2/h72-75,77-84,86-88,90-94H,3-71H2,1-2H3,(H,85,89). The summed E-state index contributed by atoms with van der Waals surface area (Å²) < 4.78 is 23.0. The Bertz CT molecular complexity index is 1650. The average molecular weight is 1400 g/mol. The fourth-order valence-electron chi connectivity index (χ4n) is 15.0. The summed E-state index contributed by atoms with van der Waals surface area (Å²) in [6.45, 7) is 2.95. The largest absolute Gasteiger partial charge is 0.394 e. The monoisotopic (exact) mass is 1400 g/mol. The molecule has 98 heavy (non-hydrogen) atoms. The van der Waals surface area contributed by atoms with Crippen LogP contribution in [0.5, 0.6) is 0 Å². The molecule has 14 nitrogen and oxygen atoms in total. The first-order valence-corrected chi connectivity index (χ1v) is 43.3. The Kier molecular flexibility index (Phi) is 65.6. The molecule has 2 fully saturated rings. The van der Waals surface area contributed by atoms with E-state index < -0.39 is 86.8 Å². The van der Waals surface area contributed by atoms with Crippen LogP contribution >= 0.6 is 0 Å². The van der Waals surface area contributed by atoms with Crippen LogP contribution < -0.4 is 5.32 Å². The van der Waals surface area contributed by atoms with Crippen LogP contribution in [0.1, 0.15) is 438 Å². The maximum Gasteiger partial charge on any atom is 0.220 e. The second kappa shape index (κ2) is 69.1. The summed E-state index contributed by atoms with van der Waals surface area (Å²) in [7, 11) is 0. The van der Waals surface area contributed by atoms with Gasteiger partial charge in [0.05, 0.1) is 32.0 Å². The van der Waals surface area contributed by atoms with Crippen LogP contribution in [-0.2, 0) is 23.7 Å². The number of nitrogens with one attached hydrogen (secondary N) is 1. The van der Waals surface area contributed by atoms with E-state index >= 15 is 0 Å². The van der Waals surface area contributed by atoms with Gasteiger partial charge >= 0.3 is 0 Å². The molecule has 584 valence electrons. The van der Waals surface area contributed by atoms with Gasteiger partial charge in [-0.3, -0.25) is 4.79 Å². The number of ether oxygens (including phenoxy) is 4. The molecule has 0 spiro atoms. The number of aliphatic hydroxyl groups is 8. The SMILES string of the molecule is CCCCCCCCCCCCCCCCCCCCCCCCCCCCCCCCCCCCCCCCCCCC(=O)NC(COC1OC(CO)C(OC2OC(CO)C(O)C(O)C2O)C(O)C1O)C(O)CCCCCCCCCCCCCCCCCCCCCCCCC. The molecule has 2 aliphatic heterocycles. The van der Waals surface area contributed by atoms with Crippen LogP contribution in [0.15, 0.2) is 0 Å². The van der Waals surface area contributed by atoms with Crippen molar-refractivity contribution in [2.24, 2.45) is 0 Å². The number of rotatable bonds is 75. The van der Waals surface area contributed by atoms with Gasteiger partial charge in [-0.15, -0.1) is 0 Å². The molecule has 14 heteroatoms. The summed E-state index contributed by atoms with van der Waals surface area (Å²) in [5, 5.41) is 87.9. The lowest BCUT2D eigenvalue weighted by atomic mass is 9.97. The third-order valence-corrected chi connectivity index (χ3v) is 21.8. The second-order valence-electron chi connectivity index (χ2n) is 31.0. The Balaban J connectivity index is 1.53. The van der Waals surface area contributed by atoms with Gasteiger partial charge in [-0.25, -0.2) is 0 Å². The maximum absolute atomic E-state index is 13.4. The summed E-state index contributed by atoms with van der Waals surface area (Å²) in [5.41, 5.74) is 0. The topological polar surface area (TPSA) is 228 Å². The first kappa shape index (κ1) is 93.1. The van der Waals surface area contributed by atoms with Gasteiger partial charge in [0, 0.05) is 6.42 Å². The van der Waals surface area contributed by atoms with Crippen molar-refractivity contribution in [3.63, 3.8) is 0 Å². The molecule has 0 aromatic rings. The summed E-state index contributed by atoms with van der Waals surface area (Å²) in [6, 6.07) is -0.826. The van der Waals surface area contributed by atoms with Crippen molar-refractivity contribution in [2.45, 2.75) is 511 Å². The quantitative estimate of drug-likeness (QED) is 0.0259. The molecule has 12 unspecified atom stereocenters. The summed E-state index contributed by atoms with van der Waals surface area (Å²) >= 11 is 0. The lowest BCUT2D eigenvalue weighted by molar-refractivity contribution is -0.359. The van der Waals surface area contributed by atoms with Crippen molar-refractivity contribution in [3.05, 3.63) is 0 Å². The van der Waals surface area contributed by atoms with E-state index in [4.69, 9.17) is 18.9 Å². The van der Waals surface area contributed by atoms with E-state index in [0.717, 1.165) is 51.4 Å². The molecule has 0 aromatic carbocycles. The highest BCUT2D eigenvalue weighted by molar-refractivity contribution is 5.76. The minimum atomic E-state index is -1.78. The molecule has 2 heterocycles. The molecule has 0 aliphatic carbocycles. The van der Waals surface area contributed by atoms with E-state index in [1.54, 1.807) is 0 Å². The van der Waals surface area contributed by atoms with E-state index in [-0.39, 0.29) is 12.5 Å². The first-order valence-electron chi connectivity index (χ1n) is 43.3. The highest BCUT2D eigenvalue weighted by atomic mass is 16.7. The van der Waals surface area contributed by atoms with Crippen molar-refractivity contribution in [3.8, 4) is 0 Å². The molecule has 0 aromatic heterocycles. The molecular formula is C84H165NO13. The molecule has 0 saturated carbocycles. The van der Waals surface area contributed by atoms with Gasteiger partial charge in [-0.05, 0) is 12.8 Å². The molecule has 2 saturated heterocycles. The van der Waals surface area contributed by atoms with Crippen LogP contribution in [0.25, 0.3) is 0 Å². The Morgan fingerprint density at radius 2 is 0.582 bits per heavy atom. The smallest absolute Gasteiger partial charge is 0.220 e. The predicted octanol–water partition coefficient (Wildman–Crippen LogP) is 20.3. The summed E-state index contributed by atoms with van der Waals surface area (Å²) in [5.74, 6) is -0.194. The molecule has 0 radical (unpaired) electrons. The predicted molar refractivity (Wildman–Crippen MR) is 406 cm³/mol. The van der Waals surface area contributed by atoms with Crippen LogP contribution in [0.4, 0.5) is 0 Å². The normalized spacial score (nSPS) is 21.9. The van der Waals surface area contributed by atoms with Crippen LogP contribution in [0, 0.1) is 0 Å². The lowest BCUT2D eigenvalue weighted by Gasteiger charge is -2.46. The minimum absolute atomic E-state index is 0.194. The van der Waals surface area contributed by atoms with E-state index in [1.165, 1.54) is 360 Å². The Labute approximate surface area is 604 Å². The number of hydrogen-bond acceptors (Lipinski definition) is 13. The van der Waals surface area contributed by atoms with Crippen LogP contribution in [0.3, 0.4) is 0 Å². The van der Waals surface area contributed by atoms with E-state index in [0.29, 0.717) is 12.8 Å². The number of unbranched alkanes of at least 4 members (excludes halogenated alkanes) is 62. The number of carbonyl (C=O) groups is 1. The van der Waals surface area contributed by atoms with Gasteiger partial charge in [-0.2, -0.15) is 0 Å². The Morgan fingerprint density at radius 1 is 0.327 bits per heavy atom. The highest BCUT2D eigenvalue weighted by Gasteiger charge is 2.51. The van der Waals surface area contributed by atoms with Crippen molar-refractivity contribution in [2.75, 3.05) is 19.8 Å². The van der Waals surface area contributed by atoms with Crippen molar-refractivity contribution < 1.29 is 64.6 Å². The molecule has 2 aliphatic rings. The molecule has 0 bridgehead atoms. The molecular weight excluding hydrogens is 1230 g/mol. The second-order valence-corrected chi connectivity index (χ2v) is 31.0. The number of amides is 1. The third-order valence-electron chi connectivity index (χ3n) is 21.8. The van der Waals surface area contributed by atoms with Crippen molar-refractivity contribution in [1.82, 2.24) is 5.32 Å². The average Bonchev–Trinajstić information content (AvgIpc) is 0.793. The summed E-state index contributed by atoms with van der Waals surface area (Å²) in [4.78, 5) is 13.4. The third kappa shape index (κ3) is 51.2. The van der Waals surface area contributed by atoms with E-state index in [9.17, 15) is 45.6 Å². The van der Waals surface area contributed by atoms with Crippen LogP contribution in [-0.4, -0.2) is 140 Å². The lowest BCUT2D eigenvalue weighted by Crippen LogP contribution is -2.65. The van der Waals surface area contributed by atoms with Gasteiger partial charge < -0.3 is 65.1 Å². The zero-order valence-corrected chi connectivity index (χ0v) is 64.3. The molecule has 1 amide bonds. The van der Waals surface area contributed by atoms with Gasteiger partial charge in [0.15, 0.2) is 12.6 Å². The van der Waals surface area contributed by atoms with E-state index in [1.807, 2.05) is 0 Å². The minimum Gasteiger partial charge on any atom is -0.394 e. The molecule has 2 rings (SSSR count). The number of hydrogen-bond donors (Lipinski definition) is 9. The highest BCUT2D eigenvalue weighted by Crippen LogP contribution is 2.31. The molecule has 9 N–H and O–H groups in total. The number of carbonyl (C=O) groups excluding carboxylic acids is 1. The summed E-state index contributed by atoms with van der Waals surface area (Å²) in [6.07, 6.45) is 70.4. The van der Waals surface area contributed by atoms with Crippen molar-refractivity contribution in [1.29, 1.82) is 0 Å². The zero-order chi connectivity index (χ0) is 70.8. The first-order chi connectivity index (χ1) is 48.1. The van der Waals surface area contributed by atoms with Crippen molar-refractivity contribution >= 4 is 5.91 Å². The fourth-order valence-corrected chi connectivity index (χ4v) is 15.0. The molecule has 12 atom stereocenters.